The fraction of sp³-hybridized carbons (Fsp3) is 0.238. The third kappa shape index (κ3) is 3.30. The molecule has 2 heterocycles. The molecule has 2 aromatic carbocycles. The molecule has 1 unspecified atom stereocenters. The van der Waals surface area contributed by atoms with E-state index < -0.39 is 0 Å². The summed E-state index contributed by atoms with van der Waals surface area (Å²) in [6.45, 7) is 1.68. The summed E-state index contributed by atoms with van der Waals surface area (Å²) < 4.78 is 18.7. The highest BCUT2D eigenvalue weighted by atomic mass is 19.1. The molecule has 0 amide bonds. The van der Waals surface area contributed by atoms with Crippen molar-refractivity contribution in [2.75, 3.05) is 13.7 Å². The molecule has 0 aliphatic carbocycles. The minimum absolute atomic E-state index is 0.00977. The Balaban J connectivity index is 1.69. The quantitative estimate of drug-likeness (QED) is 0.719. The lowest BCUT2D eigenvalue weighted by Gasteiger charge is -2.36. The molecule has 0 N–H and O–H groups in total. The number of ether oxygens (including phenoxy) is 1. The van der Waals surface area contributed by atoms with Gasteiger partial charge in [-0.1, -0.05) is 24.3 Å². The van der Waals surface area contributed by atoms with Gasteiger partial charge in [0.1, 0.15) is 17.9 Å². The molecule has 26 heavy (non-hydrogen) atoms. The molecule has 132 valence electrons. The molecule has 1 aliphatic rings. The average Bonchev–Trinajstić information content (AvgIpc) is 2.69. The van der Waals surface area contributed by atoms with Crippen molar-refractivity contribution in [3.8, 4) is 5.75 Å². The van der Waals surface area contributed by atoms with Crippen molar-refractivity contribution in [1.29, 1.82) is 0 Å². The van der Waals surface area contributed by atoms with E-state index in [4.69, 9.17) is 4.74 Å². The van der Waals surface area contributed by atoms with Crippen molar-refractivity contribution in [3.63, 3.8) is 0 Å². The first-order valence-corrected chi connectivity index (χ1v) is 8.66. The Kier molecular flexibility index (Phi) is 4.63. The number of rotatable bonds is 4. The zero-order valence-electron chi connectivity index (χ0n) is 14.6. The lowest BCUT2D eigenvalue weighted by Crippen LogP contribution is -2.36. The topological polar surface area (TPSA) is 38.2 Å². The second kappa shape index (κ2) is 7.22. The van der Waals surface area contributed by atoms with Gasteiger partial charge in [0.2, 0.25) is 0 Å². The zero-order valence-corrected chi connectivity index (χ0v) is 14.6. The zero-order chi connectivity index (χ0) is 17.9. The Bertz CT molecular complexity index is 881. The van der Waals surface area contributed by atoms with Crippen LogP contribution in [0.2, 0.25) is 0 Å². The third-order valence-corrected chi connectivity index (χ3v) is 4.85. The molecule has 4 nitrogen and oxygen atoms in total. The van der Waals surface area contributed by atoms with Crippen molar-refractivity contribution in [3.05, 3.63) is 89.3 Å². The van der Waals surface area contributed by atoms with Crippen LogP contribution >= 0.6 is 0 Å². The van der Waals surface area contributed by atoms with Gasteiger partial charge in [0.15, 0.2) is 0 Å². The van der Waals surface area contributed by atoms with Gasteiger partial charge in [-0.05, 0) is 47.4 Å². The number of methoxy groups -OCH3 is 1. The van der Waals surface area contributed by atoms with Gasteiger partial charge < -0.3 is 4.74 Å². The molecule has 1 aromatic heterocycles. The van der Waals surface area contributed by atoms with Crippen molar-refractivity contribution < 1.29 is 9.13 Å². The molecule has 4 rings (SSSR count). The Hall–Kier alpha value is -2.79. The van der Waals surface area contributed by atoms with Crippen molar-refractivity contribution in [1.82, 2.24) is 14.9 Å². The summed E-state index contributed by atoms with van der Waals surface area (Å²) in [5, 5.41) is 0. The lowest BCUT2D eigenvalue weighted by molar-refractivity contribution is 0.199. The van der Waals surface area contributed by atoms with Crippen LogP contribution < -0.4 is 4.74 Å². The molecule has 0 radical (unpaired) electrons. The summed E-state index contributed by atoms with van der Waals surface area (Å²) >= 11 is 0. The van der Waals surface area contributed by atoms with E-state index in [1.54, 1.807) is 13.4 Å². The first kappa shape index (κ1) is 16.7. The van der Waals surface area contributed by atoms with Crippen molar-refractivity contribution in [2.24, 2.45) is 0 Å². The number of aromatic nitrogens is 2. The van der Waals surface area contributed by atoms with Gasteiger partial charge >= 0.3 is 0 Å². The Labute approximate surface area is 152 Å². The summed E-state index contributed by atoms with van der Waals surface area (Å²) in [7, 11) is 1.67. The van der Waals surface area contributed by atoms with Gasteiger partial charge in [-0.25, -0.2) is 14.4 Å². The molecular weight excluding hydrogens is 329 g/mol. The van der Waals surface area contributed by atoms with Crippen LogP contribution in [0.3, 0.4) is 0 Å². The van der Waals surface area contributed by atoms with E-state index in [0.29, 0.717) is 0 Å². The third-order valence-electron chi connectivity index (χ3n) is 4.85. The maximum atomic E-state index is 13.4. The maximum absolute atomic E-state index is 13.4. The largest absolute Gasteiger partial charge is 0.497 e. The summed E-state index contributed by atoms with van der Waals surface area (Å²) in [6, 6.07) is 14.8. The number of benzene rings is 2. The molecule has 5 heteroatoms. The molecule has 1 aliphatic heterocycles. The maximum Gasteiger partial charge on any atom is 0.123 e. The molecule has 0 saturated heterocycles. The molecule has 0 bridgehead atoms. The minimum atomic E-state index is -0.228. The van der Waals surface area contributed by atoms with Crippen LogP contribution in [0.25, 0.3) is 0 Å². The number of hydrogen-bond donors (Lipinski definition) is 0. The van der Waals surface area contributed by atoms with Gasteiger partial charge in [-0.3, -0.25) is 4.90 Å². The summed E-state index contributed by atoms with van der Waals surface area (Å²) in [5.74, 6) is 0.620. The first-order chi connectivity index (χ1) is 12.7. The molecule has 0 saturated carbocycles. The fourth-order valence-electron chi connectivity index (χ4n) is 3.52. The SMILES string of the molecule is COc1ccc(CN2CCc3cncnc3C2c2ccc(F)cc2)cc1. The average molecular weight is 349 g/mol. The van der Waals surface area contributed by atoms with Gasteiger partial charge in [-0.15, -0.1) is 0 Å². The molecular formula is C21H20FN3O. The van der Waals surface area contributed by atoms with Crippen LogP contribution in [0.15, 0.2) is 61.1 Å². The number of fused-ring (bicyclic) bond motifs is 1. The van der Waals surface area contributed by atoms with Crippen LogP contribution in [0.5, 0.6) is 5.75 Å². The van der Waals surface area contributed by atoms with Crippen LogP contribution in [-0.4, -0.2) is 28.5 Å². The van der Waals surface area contributed by atoms with E-state index in [1.807, 2.05) is 30.5 Å². The van der Waals surface area contributed by atoms with E-state index in [0.717, 1.165) is 42.1 Å². The van der Waals surface area contributed by atoms with Crippen molar-refractivity contribution in [2.45, 2.75) is 19.0 Å². The predicted octanol–water partition coefficient (Wildman–Crippen LogP) is 3.77. The second-order valence-electron chi connectivity index (χ2n) is 6.46. The molecule has 0 fully saturated rings. The second-order valence-corrected chi connectivity index (χ2v) is 6.46. The summed E-state index contributed by atoms with van der Waals surface area (Å²) in [5.41, 5.74) is 4.41. The van der Waals surface area contributed by atoms with Gasteiger partial charge in [0.05, 0.1) is 18.8 Å². The Morgan fingerprint density at radius 1 is 1.12 bits per heavy atom. The highest BCUT2D eigenvalue weighted by Gasteiger charge is 2.30. The lowest BCUT2D eigenvalue weighted by atomic mass is 9.92. The minimum Gasteiger partial charge on any atom is -0.497 e. The highest BCUT2D eigenvalue weighted by Crippen LogP contribution is 2.34. The van der Waals surface area contributed by atoms with Gasteiger partial charge in [0, 0.05) is 19.3 Å². The van der Waals surface area contributed by atoms with E-state index in [9.17, 15) is 4.39 Å². The number of halogens is 1. The monoisotopic (exact) mass is 349 g/mol. The normalized spacial score (nSPS) is 16.9. The standard InChI is InChI=1S/C21H20FN3O/c1-26-19-8-2-15(3-9-19)13-25-11-10-17-12-23-14-24-20(17)21(25)16-4-6-18(22)7-5-16/h2-9,12,14,21H,10-11,13H2,1H3. The van der Waals surface area contributed by atoms with Gasteiger partial charge in [0.25, 0.3) is 0 Å². The first-order valence-electron chi connectivity index (χ1n) is 8.66. The molecule has 3 aromatic rings. The van der Waals surface area contributed by atoms with Crippen LogP contribution in [0.1, 0.15) is 28.4 Å². The van der Waals surface area contributed by atoms with E-state index in [-0.39, 0.29) is 11.9 Å². The fourth-order valence-corrected chi connectivity index (χ4v) is 3.52. The van der Waals surface area contributed by atoms with Crippen LogP contribution in [-0.2, 0) is 13.0 Å². The van der Waals surface area contributed by atoms with E-state index in [2.05, 4.69) is 27.0 Å². The smallest absolute Gasteiger partial charge is 0.123 e. The predicted molar refractivity (Wildman–Crippen MR) is 97.4 cm³/mol. The summed E-state index contributed by atoms with van der Waals surface area (Å²) in [4.78, 5) is 11.1. The Morgan fingerprint density at radius 2 is 1.88 bits per heavy atom. The summed E-state index contributed by atoms with van der Waals surface area (Å²) in [6.07, 6.45) is 4.39. The molecule has 0 spiro atoms. The Morgan fingerprint density at radius 3 is 2.62 bits per heavy atom. The van der Waals surface area contributed by atoms with E-state index in [1.165, 1.54) is 17.7 Å². The number of nitrogens with zero attached hydrogens (tertiary/aromatic N) is 3. The molecule has 1 atom stereocenters. The van der Waals surface area contributed by atoms with Crippen LogP contribution in [0.4, 0.5) is 4.39 Å². The van der Waals surface area contributed by atoms with Crippen LogP contribution in [0, 0.1) is 5.82 Å². The van der Waals surface area contributed by atoms with Crippen molar-refractivity contribution >= 4 is 0 Å². The highest BCUT2D eigenvalue weighted by molar-refractivity contribution is 5.35. The number of hydrogen-bond acceptors (Lipinski definition) is 4. The van der Waals surface area contributed by atoms with E-state index >= 15 is 0 Å². The van der Waals surface area contributed by atoms with Gasteiger partial charge in [-0.2, -0.15) is 0 Å².